The van der Waals surface area contributed by atoms with E-state index in [0.29, 0.717) is 17.6 Å². The SMILES string of the molecule is COc1ccc(CC2CC(C)CCC2Cl)cc1[N+](=O)[O-]. The van der Waals surface area contributed by atoms with Crippen LogP contribution in [-0.4, -0.2) is 17.4 Å². The van der Waals surface area contributed by atoms with Gasteiger partial charge in [0.05, 0.1) is 12.0 Å². The minimum atomic E-state index is -0.399. The average Bonchev–Trinajstić information content (AvgIpc) is 2.42. The normalized spacial score (nSPS) is 26.2. The molecule has 0 heterocycles. The predicted octanol–water partition coefficient (Wildman–Crippen LogP) is 4.19. The summed E-state index contributed by atoms with van der Waals surface area (Å²) in [5.74, 6) is 1.38. The molecule has 4 nitrogen and oxygen atoms in total. The molecule has 0 aliphatic heterocycles. The lowest BCUT2D eigenvalue weighted by Gasteiger charge is -2.31. The second-order valence-electron chi connectivity index (χ2n) is 5.66. The van der Waals surface area contributed by atoms with Crippen LogP contribution in [0.5, 0.6) is 5.75 Å². The first-order valence-corrected chi connectivity index (χ1v) is 7.40. The molecule has 0 amide bonds. The summed E-state index contributed by atoms with van der Waals surface area (Å²) in [7, 11) is 1.44. The largest absolute Gasteiger partial charge is 0.490 e. The Hall–Kier alpha value is -1.29. The lowest BCUT2D eigenvalue weighted by Crippen LogP contribution is -2.26. The Morgan fingerprint density at radius 2 is 2.20 bits per heavy atom. The van der Waals surface area contributed by atoms with Crippen molar-refractivity contribution in [2.75, 3.05) is 7.11 Å². The number of nitro groups is 1. The molecule has 0 spiro atoms. The van der Waals surface area contributed by atoms with Crippen molar-refractivity contribution in [1.82, 2.24) is 0 Å². The maximum absolute atomic E-state index is 11.0. The average molecular weight is 298 g/mol. The summed E-state index contributed by atoms with van der Waals surface area (Å²) < 4.78 is 5.02. The van der Waals surface area contributed by atoms with E-state index in [2.05, 4.69) is 6.92 Å². The molecule has 1 fully saturated rings. The van der Waals surface area contributed by atoms with E-state index in [1.54, 1.807) is 12.1 Å². The van der Waals surface area contributed by atoms with Gasteiger partial charge in [-0.3, -0.25) is 10.1 Å². The van der Waals surface area contributed by atoms with Crippen LogP contribution in [0.4, 0.5) is 5.69 Å². The van der Waals surface area contributed by atoms with E-state index >= 15 is 0 Å². The Bertz CT molecular complexity index is 492. The number of benzene rings is 1. The van der Waals surface area contributed by atoms with Gasteiger partial charge in [-0.25, -0.2) is 0 Å². The van der Waals surface area contributed by atoms with E-state index in [1.165, 1.54) is 13.5 Å². The molecule has 0 radical (unpaired) electrons. The number of rotatable bonds is 4. The molecule has 1 aliphatic carbocycles. The van der Waals surface area contributed by atoms with E-state index < -0.39 is 4.92 Å². The zero-order chi connectivity index (χ0) is 14.7. The lowest BCUT2D eigenvalue weighted by atomic mass is 9.79. The van der Waals surface area contributed by atoms with Crippen LogP contribution in [0, 0.1) is 22.0 Å². The number of nitro benzene ring substituents is 1. The monoisotopic (exact) mass is 297 g/mol. The highest BCUT2D eigenvalue weighted by Crippen LogP contribution is 2.36. The summed E-state index contributed by atoms with van der Waals surface area (Å²) in [4.78, 5) is 10.6. The number of halogens is 1. The molecule has 0 saturated heterocycles. The van der Waals surface area contributed by atoms with E-state index in [9.17, 15) is 10.1 Å². The molecule has 5 heteroatoms. The fraction of sp³-hybridized carbons (Fsp3) is 0.600. The first-order chi connectivity index (χ1) is 9.51. The fourth-order valence-corrected chi connectivity index (χ4v) is 3.30. The van der Waals surface area contributed by atoms with Crippen molar-refractivity contribution in [2.24, 2.45) is 11.8 Å². The van der Waals surface area contributed by atoms with Gasteiger partial charge in [0.2, 0.25) is 0 Å². The zero-order valence-corrected chi connectivity index (χ0v) is 12.6. The van der Waals surface area contributed by atoms with Crippen molar-refractivity contribution in [2.45, 2.75) is 38.0 Å². The van der Waals surface area contributed by atoms with Gasteiger partial charge in [0.1, 0.15) is 0 Å². The van der Waals surface area contributed by atoms with Crippen molar-refractivity contribution < 1.29 is 9.66 Å². The van der Waals surface area contributed by atoms with Gasteiger partial charge < -0.3 is 4.74 Å². The van der Waals surface area contributed by atoms with Gasteiger partial charge in [-0.05, 0) is 49.1 Å². The Kier molecular flexibility index (Phi) is 4.86. The molecular weight excluding hydrogens is 278 g/mol. The number of hydrogen-bond donors (Lipinski definition) is 0. The smallest absolute Gasteiger partial charge is 0.311 e. The first-order valence-electron chi connectivity index (χ1n) is 6.96. The van der Waals surface area contributed by atoms with Gasteiger partial charge in [0.15, 0.2) is 5.75 Å². The van der Waals surface area contributed by atoms with Crippen molar-refractivity contribution in [1.29, 1.82) is 0 Å². The van der Waals surface area contributed by atoms with Gasteiger partial charge in [0.25, 0.3) is 0 Å². The van der Waals surface area contributed by atoms with E-state index in [4.69, 9.17) is 16.3 Å². The molecule has 3 unspecified atom stereocenters. The Morgan fingerprint density at radius 1 is 1.45 bits per heavy atom. The van der Waals surface area contributed by atoms with Crippen LogP contribution >= 0.6 is 11.6 Å². The van der Waals surface area contributed by atoms with E-state index in [1.807, 2.05) is 6.07 Å². The summed E-state index contributed by atoms with van der Waals surface area (Å²) >= 11 is 6.40. The summed E-state index contributed by atoms with van der Waals surface area (Å²) in [5.41, 5.74) is 0.988. The molecule has 1 aromatic rings. The standard InChI is InChI=1S/C15H20ClNO3/c1-10-3-5-13(16)12(7-10)8-11-4-6-15(20-2)14(9-11)17(18)19/h4,6,9-10,12-13H,3,5,7-8H2,1-2H3. The first kappa shape index (κ1) is 15.1. The minimum absolute atomic E-state index is 0.0278. The molecule has 1 aromatic carbocycles. The number of alkyl halides is 1. The van der Waals surface area contributed by atoms with Gasteiger partial charge in [-0.2, -0.15) is 0 Å². The van der Waals surface area contributed by atoms with Crippen molar-refractivity contribution in [3.8, 4) is 5.75 Å². The number of nitrogens with zero attached hydrogens (tertiary/aromatic N) is 1. The molecule has 1 aliphatic rings. The van der Waals surface area contributed by atoms with Crippen LogP contribution in [0.1, 0.15) is 31.7 Å². The van der Waals surface area contributed by atoms with Crippen LogP contribution in [0.3, 0.4) is 0 Å². The molecule has 2 rings (SSSR count). The summed E-state index contributed by atoms with van der Waals surface area (Å²) in [6.45, 7) is 2.24. The Balaban J connectivity index is 2.16. The fourth-order valence-electron chi connectivity index (χ4n) is 2.98. The Labute approximate surface area is 124 Å². The van der Waals surface area contributed by atoms with Gasteiger partial charge >= 0.3 is 5.69 Å². The molecule has 0 aromatic heterocycles. The van der Waals surface area contributed by atoms with Crippen LogP contribution in [-0.2, 0) is 6.42 Å². The second kappa shape index (κ2) is 6.44. The van der Waals surface area contributed by atoms with Gasteiger partial charge in [-0.15, -0.1) is 11.6 Å². The van der Waals surface area contributed by atoms with Crippen LogP contribution in [0.15, 0.2) is 18.2 Å². The molecule has 3 atom stereocenters. The highest BCUT2D eigenvalue weighted by Gasteiger charge is 2.28. The predicted molar refractivity (Wildman–Crippen MR) is 79.5 cm³/mol. The third-order valence-electron chi connectivity index (χ3n) is 4.09. The summed E-state index contributed by atoms with van der Waals surface area (Å²) in [6.07, 6.45) is 4.09. The molecule has 20 heavy (non-hydrogen) atoms. The molecule has 1 saturated carbocycles. The third-order valence-corrected chi connectivity index (χ3v) is 4.66. The molecule has 110 valence electrons. The van der Waals surface area contributed by atoms with Crippen molar-refractivity contribution >= 4 is 17.3 Å². The number of methoxy groups -OCH3 is 1. The van der Waals surface area contributed by atoms with E-state index in [0.717, 1.165) is 24.8 Å². The number of ether oxygens (including phenoxy) is 1. The maximum atomic E-state index is 11.0. The summed E-state index contributed by atoms with van der Waals surface area (Å²) in [6, 6.07) is 5.18. The topological polar surface area (TPSA) is 52.4 Å². The van der Waals surface area contributed by atoms with Crippen LogP contribution < -0.4 is 4.74 Å². The molecule has 0 bridgehead atoms. The second-order valence-corrected chi connectivity index (χ2v) is 6.22. The van der Waals surface area contributed by atoms with Crippen molar-refractivity contribution in [3.63, 3.8) is 0 Å². The Morgan fingerprint density at radius 3 is 2.85 bits per heavy atom. The van der Waals surface area contributed by atoms with Crippen LogP contribution in [0.25, 0.3) is 0 Å². The minimum Gasteiger partial charge on any atom is -0.490 e. The highest BCUT2D eigenvalue weighted by molar-refractivity contribution is 6.20. The highest BCUT2D eigenvalue weighted by atomic mass is 35.5. The summed E-state index contributed by atoms with van der Waals surface area (Å²) in [5, 5.41) is 11.2. The van der Waals surface area contributed by atoms with Gasteiger partial charge in [-0.1, -0.05) is 13.0 Å². The van der Waals surface area contributed by atoms with Crippen molar-refractivity contribution in [3.05, 3.63) is 33.9 Å². The van der Waals surface area contributed by atoms with E-state index in [-0.39, 0.29) is 11.1 Å². The molecular formula is C15H20ClNO3. The third kappa shape index (κ3) is 3.42. The maximum Gasteiger partial charge on any atom is 0.311 e. The zero-order valence-electron chi connectivity index (χ0n) is 11.8. The molecule has 0 N–H and O–H groups in total. The van der Waals surface area contributed by atoms with Crippen LogP contribution in [0.2, 0.25) is 0 Å². The lowest BCUT2D eigenvalue weighted by molar-refractivity contribution is -0.385. The van der Waals surface area contributed by atoms with Gasteiger partial charge in [0, 0.05) is 11.4 Å². The number of hydrogen-bond acceptors (Lipinski definition) is 3. The quantitative estimate of drug-likeness (QED) is 0.476.